The summed E-state index contributed by atoms with van der Waals surface area (Å²) in [6.07, 6.45) is 0. The van der Waals surface area contributed by atoms with Gasteiger partial charge in [0.2, 0.25) is 0 Å². The summed E-state index contributed by atoms with van der Waals surface area (Å²) in [5.41, 5.74) is 16.8. The van der Waals surface area contributed by atoms with E-state index in [0.717, 1.165) is 34.0 Å². The Morgan fingerprint density at radius 2 is 0.672 bits per heavy atom. The molecule has 8 aromatic carbocycles. The Kier molecular flexibility index (Phi) is 8.24. The highest BCUT2D eigenvalue weighted by atomic mass is 28.3. The van der Waals surface area contributed by atoms with Gasteiger partial charge < -0.3 is 14.5 Å². The van der Waals surface area contributed by atoms with Crippen LogP contribution in [-0.4, -0.2) is 8.07 Å². The van der Waals surface area contributed by atoms with Gasteiger partial charge in [0.05, 0.1) is 11.4 Å². The van der Waals surface area contributed by atoms with Crippen molar-refractivity contribution in [3.63, 3.8) is 0 Å². The zero-order valence-electron chi connectivity index (χ0n) is 36.0. The molecule has 11 rings (SSSR count). The molecular weight excluding hydrogens is 757 g/mol. The molecule has 8 aromatic rings. The molecule has 0 N–H and O–H groups in total. The largest absolute Gasteiger partial charge is 0.457 e. The minimum Gasteiger partial charge on any atom is -0.457 e. The molecule has 0 atom stereocenters. The third-order valence-corrected chi connectivity index (χ3v) is 17.8. The van der Waals surface area contributed by atoms with Gasteiger partial charge in [0, 0.05) is 33.1 Å². The Hall–Kier alpha value is -6.62. The molecule has 0 aromatic heterocycles. The molecule has 0 amide bonds. The van der Waals surface area contributed by atoms with Crippen LogP contribution in [0.2, 0.25) is 6.55 Å². The summed E-state index contributed by atoms with van der Waals surface area (Å²) in [5, 5.41) is 4.08. The fourth-order valence-corrected chi connectivity index (χ4v) is 14.9. The molecule has 3 nitrogen and oxygen atoms in total. The third kappa shape index (κ3) is 5.84. The Bertz CT molecular complexity index is 2820. The van der Waals surface area contributed by atoms with Gasteiger partial charge in [-0.1, -0.05) is 163 Å². The van der Waals surface area contributed by atoms with Gasteiger partial charge in [-0.15, -0.1) is 0 Å². The first-order valence-corrected chi connectivity index (χ1v) is 24.1. The molecule has 4 heteroatoms. The van der Waals surface area contributed by atoms with Gasteiger partial charge in [-0.05, 0) is 121 Å². The lowest BCUT2D eigenvalue weighted by atomic mass is 9.87. The van der Waals surface area contributed by atoms with Crippen molar-refractivity contribution >= 4 is 57.8 Å². The van der Waals surface area contributed by atoms with Crippen LogP contribution in [0.25, 0.3) is 33.4 Å². The maximum atomic E-state index is 7.41. The molecule has 0 spiro atoms. The Morgan fingerprint density at radius 3 is 1.00 bits per heavy atom. The van der Waals surface area contributed by atoms with Crippen molar-refractivity contribution in [2.24, 2.45) is 0 Å². The molecule has 0 fully saturated rings. The van der Waals surface area contributed by atoms with Crippen molar-refractivity contribution < 1.29 is 4.74 Å². The highest BCUT2D eigenvalue weighted by Crippen LogP contribution is 2.54. The fourth-order valence-electron chi connectivity index (χ4n) is 10.1. The molecule has 3 aliphatic heterocycles. The van der Waals surface area contributed by atoms with Crippen LogP contribution in [0.4, 0.5) is 34.1 Å². The number of nitrogens with zero attached hydrogens (tertiary/aromatic N) is 2. The molecule has 0 saturated carbocycles. The lowest BCUT2D eigenvalue weighted by Gasteiger charge is -2.52. The average molecular weight is 807 g/mol. The van der Waals surface area contributed by atoms with E-state index in [9.17, 15) is 0 Å². The van der Waals surface area contributed by atoms with E-state index in [0.29, 0.717) is 0 Å². The summed E-state index contributed by atoms with van der Waals surface area (Å²) in [6, 6.07) is 65.5. The van der Waals surface area contributed by atoms with Crippen LogP contribution in [0.5, 0.6) is 11.5 Å². The van der Waals surface area contributed by atoms with Crippen molar-refractivity contribution in [1.82, 2.24) is 0 Å². The van der Waals surface area contributed by atoms with E-state index in [4.69, 9.17) is 4.74 Å². The maximum absolute atomic E-state index is 7.41. The Labute approximate surface area is 361 Å². The molecule has 298 valence electrons. The van der Waals surface area contributed by atoms with E-state index < -0.39 is 8.07 Å². The van der Waals surface area contributed by atoms with Crippen molar-refractivity contribution in [3.05, 3.63) is 187 Å². The predicted octanol–water partition coefficient (Wildman–Crippen LogP) is 14.1. The van der Waals surface area contributed by atoms with Crippen LogP contribution in [0, 0.1) is 0 Å². The first-order chi connectivity index (χ1) is 29.4. The van der Waals surface area contributed by atoms with Gasteiger partial charge in [0.15, 0.2) is 8.07 Å². The second-order valence-electron chi connectivity index (χ2n) is 19.2. The predicted molar refractivity (Wildman–Crippen MR) is 260 cm³/mol. The summed E-state index contributed by atoms with van der Waals surface area (Å²) in [5.74, 6) is 1.91. The van der Waals surface area contributed by atoms with Crippen LogP contribution in [-0.2, 0) is 10.8 Å². The summed E-state index contributed by atoms with van der Waals surface area (Å²) in [6.45, 7) is 16.3. The highest BCUT2D eigenvalue weighted by Gasteiger charge is 2.56. The van der Waals surface area contributed by atoms with Gasteiger partial charge in [-0.25, -0.2) is 0 Å². The van der Waals surface area contributed by atoms with Crippen LogP contribution in [0.1, 0.15) is 52.7 Å². The monoisotopic (exact) mass is 806 g/mol. The van der Waals surface area contributed by atoms with E-state index >= 15 is 0 Å². The van der Waals surface area contributed by atoms with E-state index in [-0.39, 0.29) is 10.8 Å². The van der Waals surface area contributed by atoms with Gasteiger partial charge in [0.1, 0.15) is 11.5 Å². The molecule has 0 bridgehead atoms. The van der Waals surface area contributed by atoms with Gasteiger partial charge in [0.25, 0.3) is 0 Å². The normalized spacial score (nSPS) is 14.3. The van der Waals surface area contributed by atoms with Crippen LogP contribution < -0.4 is 30.1 Å². The first kappa shape index (κ1) is 37.4. The van der Waals surface area contributed by atoms with Crippen molar-refractivity contribution in [2.75, 3.05) is 9.80 Å². The SMILES string of the molecule is CC(C)(C)c1ccc(N2c3cc(-c4ccccc4)cc4c3[Si]3(C)c5c(cc(-c6ccccc6)cc5N(c5ccc(C(C)(C)C)cc5)c5cc(-c6ccccc6)cc2c53)O4)cc1. The number of anilines is 6. The lowest BCUT2D eigenvalue weighted by Crippen LogP contribution is -2.73. The first-order valence-electron chi connectivity index (χ1n) is 21.6. The minimum absolute atomic E-state index is 0.0281. The molecule has 0 aliphatic carbocycles. The third-order valence-electron chi connectivity index (χ3n) is 13.2. The van der Waals surface area contributed by atoms with Crippen molar-refractivity contribution in [1.29, 1.82) is 0 Å². The number of hydrogen-bond acceptors (Lipinski definition) is 3. The molecule has 0 saturated heterocycles. The number of rotatable bonds is 5. The van der Waals surface area contributed by atoms with Gasteiger partial charge >= 0.3 is 0 Å². The van der Waals surface area contributed by atoms with E-state index in [1.165, 1.54) is 71.7 Å². The molecule has 61 heavy (non-hydrogen) atoms. The maximum Gasteiger partial charge on any atom is 0.165 e. The summed E-state index contributed by atoms with van der Waals surface area (Å²) in [4.78, 5) is 5.10. The number of hydrogen-bond donors (Lipinski definition) is 0. The summed E-state index contributed by atoms with van der Waals surface area (Å²) in [7, 11) is -2.82. The zero-order chi connectivity index (χ0) is 41.8. The van der Waals surface area contributed by atoms with Crippen LogP contribution in [0.3, 0.4) is 0 Å². The average Bonchev–Trinajstić information content (AvgIpc) is 3.26. The van der Waals surface area contributed by atoms with Crippen molar-refractivity contribution in [2.45, 2.75) is 58.9 Å². The van der Waals surface area contributed by atoms with Gasteiger partial charge in [-0.2, -0.15) is 0 Å². The van der Waals surface area contributed by atoms with E-state index in [1.807, 2.05) is 0 Å². The molecule has 3 heterocycles. The topological polar surface area (TPSA) is 15.7 Å². The molecular formula is C57H50N2OSi. The number of benzene rings is 8. The second-order valence-corrected chi connectivity index (χ2v) is 23.0. The molecule has 3 aliphatic rings. The van der Waals surface area contributed by atoms with E-state index in [1.54, 1.807) is 0 Å². The highest BCUT2D eigenvalue weighted by molar-refractivity contribution is 7.15. The molecule has 0 radical (unpaired) electrons. The summed E-state index contributed by atoms with van der Waals surface area (Å²) < 4.78 is 7.41. The van der Waals surface area contributed by atoms with Crippen LogP contribution in [0.15, 0.2) is 176 Å². The quantitative estimate of drug-likeness (QED) is 0.161. The zero-order valence-corrected chi connectivity index (χ0v) is 37.0. The Morgan fingerprint density at radius 1 is 0.361 bits per heavy atom. The van der Waals surface area contributed by atoms with Crippen molar-refractivity contribution in [3.8, 4) is 44.9 Å². The summed E-state index contributed by atoms with van der Waals surface area (Å²) >= 11 is 0. The van der Waals surface area contributed by atoms with Gasteiger partial charge in [-0.3, -0.25) is 0 Å². The second kappa shape index (κ2) is 13.4. The van der Waals surface area contributed by atoms with E-state index in [2.05, 4.69) is 234 Å². The smallest absolute Gasteiger partial charge is 0.165 e. The van der Waals surface area contributed by atoms with Crippen LogP contribution >= 0.6 is 0 Å². The minimum atomic E-state index is -2.82. The molecule has 0 unspecified atom stereocenters. The lowest BCUT2D eigenvalue weighted by molar-refractivity contribution is 0.487. The standard InChI is InChI=1S/C57H50N2OSi/c1-56(2,3)43-23-27-45(28-24-43)58-47-31-40(37-17-11-8-12-18-37)32-48-53(47)61(7)54-49(58)33-41(38-19-13-9-14-20-38)35-51(54)60-52-36-42(39-21-15-10-16-22-39)34-50(55(52)61)59(48)46-29-25-44(26-30-46)57(4,5)6/h8-36H,1-7H3. The number of ether oxygens (including phenoxy) is 1. The fraction of sp³-hybridized carbons (Fsp3) is 0.158. The Balaban J connectivity index is 1.29.